The summed E-state index contributed by atoms with van der Waals surface area (Å²) >= 11 is 0. The van der Waals surface area contributed by atoms with E-state index < -0.39 is 0 Å². The zero-order chi connectivity index (χ0) is 11.6. The highest BCUT2D eigenvalue weighted by atomic mass is 16.2. The summed E-state index contributed by atoms with van der Waals surface area (Å²) in [6.45, 7) is 4.69. The van der Waals surface area contributed by atoms with Gasteiger partial charge in [-0.25, -0.2) is 0 Å². The molecule has 0 spiro atoms. The predicted octanol–water partition coefficient (Wildman–Crippen LogP) is 0.468. The van der Waals surface area contributed by atoms with Crippen LogP contribution < -0.4 is 11.1 Å². The topological polar surface area (TPSA) is 58.4 Å². The lowest BCUT2D eigenvalue weighted by molar-refractivity contribution is -0.139. The highest BCUT2D eigenvalue weighted by Crippen LogP contribution is 2.26. The monoisotopic (exact) mass is 225 g/mol. The molecule has 1 amide bonds. The third-order valence-electron chi connectivity index (χ3n) is 4.00. The van der Waals surface area contributed by atoms with Crippen LogP contribution in [0.3, 0.4) is 0 Å². The number of nitrogens with zero attached hydrogens (tertiary/aromatic N) is 1. The number of carbonyl (C=O) groups excluding carboxylic acids is 1. The smallest absolute Gasteiger partial charge is 0.242 e. The summed E-state index contributed by atoms with van der Waals surface area (Å²) in [6.07, 6.45) is 5.08. The zero-order valence-corrected chi connectivity index (χ0v) is 10.2. The van der Waals surface area contributed by atoms with E-state index in [1.54, 1.807) is 0 Å². The minimum Gasteiger partial charge on any atom is -0.340 e. The van der Waals surface area contributed by atoms with E-state index in [-0.39, 0.29) is 17.5 Å². The fourth-order valence-corrected chi connectivity index (χ4v) is 2.94. The van der Waals surface area contributed by atoms with E-state index in [9.17, 15) is 4.79 Å². The first-order chi connectivity index (χ1) is 7.68. The van der Waals surface area contributed by atoms with Gasteiger partial charge in [0.25, 0.3) is 0 Å². The van der Waals surface area contributed by atoms with Gasteiger partial charge in [0, 0.05) is 19.1 Å². The number of amides is 1. The van der Waals surface area contributed by atoms with Crippen molar-refractivity contribution in [3.05, 3.63) is 0 Å². The molecular formula is C12H23N3O. The highest BCUT2D eigenvalue weighted by molar-refractivity contribution is 5.86. The van der Waals surface area contributed by atoms with Crippen LogP contribution in [0.4, 0.5) is 0 Å². The molecular weight excluding hydrogens is 202 g/mol. The molecule has 2 aliphatic rings. The lowest BCUT2D eigenvalue weighted by Crippen LogP contribution is -2.58. The van der Waals surface area contributed by atoms with Crippen molar-refractivity contribution in [2.75, 3.05) is 19.6 Å². The molecule has 0 saturated carbocycles. The van der Waals surface area contributed by atoms with Crippen LogP contribution in [-0.4, -0.2) is 42.0 Å². The maximum absolute atomic E-state index is 12.5. The molecule has 0 aromatic carbocycles. The van der Waals surface area contributed by atoms with Crippen molar-refractivity contribution < 1.29 is 4.79 Å². The summed E-state index contributed by atoms with van der Waals surface area (Å²) in [5.41, 5.74) is 5.65. The molecule has 2 saturated heterocycles. The second-order valence-corrected chi connectivity index (χ2v) is 5.12. The number of nitrogens with one attached hydrogen (secondary N) is 1. The lowest BCUT2D eigenvalue weighted by Gasteiger charge is -2.37. The van der Waals surface area contributed by atoms with Gasteiger partial charge in [-0.2, -0.15) is 0 Å². The van der Waals surface area contributed by atoms with Crippen molar-refractivity contribution in [2.24, 2.45) is 5.73 Å². The van der Waals surface area contributed by atoms with Crippen LogP contribution in [0, 0.1) is 0 Å². The van der Waals surface area contributed by atoms with Crippen LogP contribution in [0.5, 0.6) is 0 Å². The molecule has 2 fully saturated rings. The number of carbonyl (C=O) groups is 1. The van der Waals surface area contributed by atoms with Crippen LogP contribution in [-0.2, 0) is 4.79 Å². The molecule has 4 nitrogen and oxygen atoms in total. The Bertz CT molecular complexity index is 261. The second kappa shape index (κ2) is 4.72. The van der Waals surface area contributed by atoms with Crippen LogP contribution in [0.1, 0.15) is 39.0 Å². The predicted molar refractivity (Wildman–Crippen MR) is 64.0 cm³/mol. The Hall–Kier alpha value is -0.610. The van der Waals surface area contributed by atoms with Crippen molar-refractivity contribution in [1.29, 1.82) is 0 Å². The summed E-state index contributed by atoms with van der Waals surface area (Å²) in [5.74, 6) is 0.280. The van der Waals surface area contributed by atoms with Crippen molar-refractivity contribution in [1.82, 2.24) is 10.2 Å². The molecule has 2 aliphatic heterocycles. The molecule has 92 valence electrons. The van der Waals surface area contributed by atoms with Gasteiger partial charge in [0.15, 0.2) is 0 Å². The van der Waals surface area contributed by atoms with Gasteiger partial charge in [0.2, 0.25) is 5.91 Å². The number of likely N-dealkylation sites (tertiary alicyclic amines) is 1. The maximum Gasteiger partial charge on any atom is 0.242 e. The molecule has 0 radical (unpaired) electrons. The molecule has 2 heterocycles. The third-order valence-corrected chi connectivity index (χ3v) is 4.00. The van der Waals surface area contributed by atoms with E-state index in [0.29, 0.717) is 0 Å². The molecule has 0 aromatic rings. The number of hydrogen-bond acceptors (Lipinski definition) is 3. The van der Waals surface area contributed by atoms with E-state index >= 15 is 0 Å². The lowest BCUT2D eigenvalue weighted by atomic mass is 9.91. The minimum atomic E-state index is -0.281. The van der Waals surface area contributed by atoms with Crippen molar-refractivity contribution >= 4 is 5.91 Å². The summed E-state index contributed by atoms with van der Waals surface area (Å²) in [4.78, 5) is 14.5. The van der Waals surface area contributed by atoms with Crippen molar-refractivity contribution in [2.45, 2.75) is 50.6 Å². The van der Waals surface area contributed by atoms with Gasteiger partial charge in [0.05, 0.1) is 5.54 Å². The summed E-state index contributed by atoms with van der Waals surface area (Å²) < 4.78 is 0. The Morgan fingerprint density at radius 2 is 2.38 bits per heavy atom. The highest BCUT2D eigenvalue weighted by Gasteiger charge is 2.42. The second-order valence-electron chi connectivity index (χ2n) is 5.12. The largest absolute Gasteiger partial charge is 0.340 e. The normalized spacial score (nSPS) is 35.4. The van der Waals surface area contributed by atoms with Crippen molar-refractivity contribution in [3.8, 4) is 0 Å². The molecule has 2 unspecified atom stereocenters. The number of piperidine rings is 1. The Morgan fingerprint density at radius 1 is 1.56 bits per heavy atom. The Morgan fingerprint density at radius 3 is 2.94 bits per heavy atom. The fourth-order valence-electron chi connectivity index (χ4n) is 2.94. The van der Waals surface area contributed by atoms with E-state index in [1.165, 1.54) is 0 Å². The molecule has 3 N–H and O–H groups in total. The van der Waals surface area contributed by atoms with Crippen LogP contribution in [0.15, 0.2) is 0 Å². The number of hydrogen-bond donors (Lipinski definition) is 2. The molecule has 4 heteroatoms. The van der Waals surface area contributed by atoms with Gasteiger partial charge in [0.1, 0.15) is 0 Å². The van der Waals surface area contributed by atoms with Gasteiger partial charge >= 0.3 is 0 Å². The van der Waals surface area contributed by atoms with E-state index in [4.69, 9.17) is 5.73 Å². The average Bonchev–Trinajstić information content (AvgIpc) is 2.78. The maximum atomic E-state index is 12.5. The van der Waals surface area contributed by atoms with Gasteiger partial charge in [-0.1, -0.05) is 6.92 Å². The molecule has 0 aromatic heterocycles. The zero-order valence-electron chi connectivity index (χ0n) is 10.2. The van der Waals surface area contributed by atoms with E-state index in [0.717, 1.165) is 51.7 Å². The number of nitrogens with two attached hydrogens (primary N) is 1. The molecule has 16 heavy (non-hydrogen) atoms. The minimum absolute atomic E-state index is 0.174. The first kappa shape index (κ1) is 11.9. The van der Waals surface area contributed by atoms with Gasteiger partial charge in [-0.3, -0.25) is 4.79 Å². The molecule has 0 bridgehead atoms. The fraction of sp³-hybridized carbons (Fsp3) is 0.917. The standard InChI is InChI=1S/C12H23N3O/c1-2-12(6-4-7-14-12)11(16)15-8-3-5-10(13)9-15/h10,14H,2-9,13H2,1H3. The SMILES string of the molecule is CCC1(C(=O)N2CCCC(N)C2)CCCN1. The van der Waals surface area contributed by atoms with Crippen LogP contribution in [0.2, 0.25) is 0 Å². The summed E-state index contributed by atoms with van der Waals surface area (Å²) in [7, 11) is 0. The Labute approximate surface area is 97.6 Å². The average molecular weight is 225 g/mol. The number of rotatable bonds is 2. The third kappa shape index (κ3) is 2.09. The van der Waals surface area contributed by atoms with Gasteiger partial charge in [-0.05, 0) is 38.6 Å². The molecule has 2 atom stereocenters. The summed E-state index contributed by atoms with van der Waals surface area (Å²) in [6, 6.07) is 0.174. The van der Waals surface area contributed by atoms with E-state index in [1.807, 2.05) is 4.90 Å². The molecule has 0 aliphatic carbocycles. The van der Waals surface area contributed by atoms with Gasteiger partial charge in [-0.15, -0.1) is 0 Å². The summed E-state index contributed by atoms with van der Waals surface area (Å²) in [5, 5.41) is 3.40. The van der Waals surface area contributed by atoms with Crippen LogP contribution >= 0.6 is 0 Å². The first-order valence-corrected chi connectivity index (χ1v) is 6.48. The first-order valence-electron chi connectivity index (χ1n) is 6.48. The Kier molecular flexibility index (Phi) is 3.50. The van der Waals surface area contributed by atoms with Crippen LogP contribution in [0.25, 0.3) is 0 Å². The Balaban J connectivity index is 2.04. The van der Waals surface area contributed by atoms with E-state index in [2.05, 4.69) is 12.2 Å². The van der Waals surface area contributed by atoms with Crippen molar-refractivity contribution in [3.63, 3.8) is 0 Å². The quantitative estimate of drug-likeness (QED) is 0.718. The van der Waals surface area contributed by atoms with Gasteiger partial charge < -0.3 is 16.0 Å². The molecule has 2 rings (SSSR count).